The summed E-state index contributed by atoms with van der Waals surface area (Å²) in [5, 5.41) is 0. The van der Waals surface area contributed by atoms with Gasteiger partial charge in [-0.2, -0.15) is 0 Å². The highest BCUT2D eigenvalue weighted by Crippen LogP contribution is 2.19. The minimum atomic E-state index is -0.370. The number of benzene rings is 3. The van der Waals surface area contributed by atoms with Crippen LogP contribution in [-0.4, -0.2) is 12.6 Å². The molecule has 3 aromatic carbocycles. The molecule has 0 bridgehead atoms. The lowest BCUT2D eigenvalue weighted by Crippen LogP contribution is -2.09. The van der Waals surface area contributed by atoms with Crippen LogP contribution >= 0.6 is 0 Å². The van der Waals surface area contributed by atoms with Gasteiger partial charge in [-0.15, -0.1) is 0 Å². The van der Waals surface area contributed by atoms with E-state index in [0.29, 0.717) is 17.9 Å². The van der Waals surface area contributed by atoms with Gasteiger partial charge in [0, 0.05) is 6.42 Å². The lowest BCUT2D eigenvalue weighted by Gasteiger charge is -2.08. The molecule has 3 rings (SSSR count). The fourth-order valence-corrected chi connectivity index (χ4v) is 2.78. The van der Waals surface area contributed by atoms with Crippen LogP contribution in [0.3, 0.4) is 0 Å². The number of ether oxygens (including phenoxy) is 2. The SMILES string of the molecule is Cc1cc(C)cc(OC(=O)c2ccc(OCCc3ccccc3)cc2)c1. The van der Waals surface area contributed by atoms with Gasteiger partial charge in [0.25, 0.3) is 0 Å². The van der Waals surface area contributed by atoms with E-state index in [2.05, 4.69) is 12.1 Å². The molecule has 0 saturated carbocycles. The van der Waals surface area contributed by atoms with Crippen LogP contribution in [-0.2, 0) is 6.42 Å². The molecule has 132 valence electrons. The molecular formula is C23H22O3. The van der Waals surface area contributed by atoms with E-state index in [9.17, 15) is 4.79 Å². The third-order valence-electron chi connectivity index (χ3n) is 4.00. The molecule has 0 aromatic heterocycles. The van der Waals surface area contributed by atoms with E-state index in [0.717, 1.165) is 23.3 Å². The van der Waals surface area contributed by atoms with Gasteiger partial charge in [0.1, 0.15) is 11.5 Å². The largest absolute Gasteiger partial charge is 0.493 e. The standard InChI is InChI=1S/C23H22O3/c1-17-14-18(2)16-22(15-17)26-23(24)20-8-10-21(11-9-20)25-13-12-19-6-4-3-5-7-19/h3-11,14-16H,12-13H2,1-2H3. The van der Waals surface area contributed by atoms with Crippen molar-refractivity contribution in [2.45, 2.75) is 20.3 Å². The van der Waals surface area contributed by atoms with E-state index in [1.807, 2.05) is 50.2 Å². The summed E-state index contributed by atoms with van der Waals surface area (Å²) in [5.41, 5.74) is 3.87. The Balaban J connectivity index is 1.55. The molecule has 26 heavy (non-hydrogen) atoms. The molecular weight excluding hydrogens is 324 g/mol. The van der Waals surface area contributed by atoms with Gasteiger partial charge in [-0.1, -0.05) is 36.4 Å². The van der Waals surface area contributed by atoms with Crippen molar-refractivity contribution < 1.29 is 14.3 Å². The van der Waals surface area contributed by atoms with Crippen molar-refractivity contribution in [2.75, 3.05) is 6.61 Å². The maximum atomic E-state index is 12.3. The highest BCUT2D eigenvalue weighted by molar-refractivity contribution is 5.91. The summed E-state index contributed by atoms with van der Waals surface area (Å²) in [5.74, 6) is 0.936. The number of hydrogen-bond acceptors (Lipinski definition) is 3. The summed E-state index contributed by atoms with van der Waals surface area (Å²) >= 11 is 0. The van der Waals surface area contributed by atoms with Crippen molar-refractivity contribution in [3.05, 3.63) is 95.1 Å². The molecule has 0 fully saturated rings. The number of aryl methyl sites for hydroxylation is 2. The van der Waals surface area contributed by atoms with Crippen LogP contribution in [0, 0.1) is 13.8 Å². The quantitative estimate of drug-likeness (QED) is 0.458. The average molecular weight is 346 g/mol. The molecule has 0 heterocycles. The van der Waals surface area contributed by atoms with E-state index < -0.39 is 0 Å². The molecule has 0 unspecified atom stereocenters. The molecule has 0 aliphatic rings. The van der Waals surface area contributed by atoms with Gasteiger partial charge >= 0.3 is 5.97 Å². The van der Waals surface area contributed by atoms with Crippen LogP contribution in [0.5, 0.6) is 11.5 Å². The Labute approximate surface area is 154 Å². The molecule has 0 aliphatic carbocycles. The van der Waals surface area contributed by atoms with Crippen LogP contribution in [0.15, 0.2) is 72.8 Å². The van der Waals surface area contributed by atoms with Crippen molar-refractivity contribution in [2.24, 2.45) is 0 Å². The smallest absolute Gasteiger partial charge is 0.343 e. The predicted molar refractivity (Wildman–Crippen MR) is 103 cm³/mol. The molecule has 0 radical (unpaired) electrons. The molecule has 0 saturated heterocycles. The molecule has 0 atom stereocenters. The first-order valence-corrected chi connectivity index (χ1v) is 8.67. The molecule has 0 amide bonds. The maximum absolute atomic E-state index is 12.3. The Morgan fingerprint density at radius 1 is 0.808 bits per heavy atom. The first-order valence-electron chi connectivity index (χ1n) is 8.67. The van der Waals surface area contributed by atoms with E-state index in [4.69, 9.17) is 9.47 Å². The summed E-state index contributed by atoms with van der Waals surface area (Å²) in [4.78, 5) is 12.3. The second kappa shape index (κ2) is 8.34. The monoisotopic (exact) mass is 346 g/mol. The minimum Gasteiger partial charge on any atom is -0.493 e. The van der Waals surface area contributed by atoms with Crippen LogP contribution in [0.25, 0.3) is 0 Å². The first-order chi connectivity index (χ1) is 12.6. The van der Waals surface area contributed by atoms with Crippen LogP contribution in [0.4, 0.5) is 0 Å². The summed E-state index contributed by atoms with van der Waals surface area (Å²) in [6.07, 6.45) is 0.845. The molecule has 0 N–H and O–H groups in total. The van der Waals surface area contributed by atoms with Crippen molar-refractivity contribution in [1.82, 2.24) is 0 Å². The van der Waals surface area contributed by atoms with Crippen molar-refractivity contribution in [3.63, 3.8) is 0 Å². The van der Waals surface area contributed by atoms with Gasteiger partial charge in [0.2, 0.25) is 0 Å². The molecule has 0 aliphatic heterocycles. The zero-order chi connectivity index (χ0) is 18.4. The second-order valence-corrected chi connectivity index (χ2v) is 6.32. The lowest BCUT2D eigenvalue weighted by atomic mass is 10.1. The Morgan fingerprint density at radius 2 is 1.46 bits per heavy atom. The Hall–Kier alpha value is -3.07. The van der Waals surface area contributed by atoms with Gasteiger partial charge < -0.3 is 9.47 Å². The fraction of sp³-hybridized carbons (Fsp3) is 0.174. The van der Waals surface area contributed by atoms with E-state index in [1.165, 1.54) is 5.56 Å². The number of hydrogen-bond donors (Lipinski definition) is 0. The Bertz CT molecular complexity index is 847. The maximum Gasteiger partial charge on any atom is 0.343 e. The number of carbonyl (C=O) groups is 1. The van der Waals surface area contributed by atoms with Crippen LogP contribution in [0.2, 0.25) is 0 Å². The van der Waals surface area contributed by atoms with Gasteiger partial charge in [-0.05, 0) is 66.9 Å². The first kappa shape index (κ1) is 17.7. The summed E-state index contributed by atoms with van der Waals surface area (Å²) < 4.78 is 11.2. The van der Waals surface area contributed by atoms with Crippen molar-refractivity contribution in [1.29, 1.82) is 0 Å². The highest BCUT2D eigenvalue weighted by atomic mass is 16.5. The number of carbonyl (C=O) groups excluding carboxylic acids is 1. The van der Waals surface area contributed by atoms with E-state index in [-0.39, 0.29) is 5.97 Å². The van der Waals surface area contributed by atoms with Crippen LogP contribution in [0.1, 0.15) is 27.0 Å². The zero-order valence-electron chi connectivity index (χ0n) is 15.1. The molecule has 3 nitrogen and oxygen atoms in total. The number of rotatable bonds is 6. The Morgan fingerprint density at radius 3 is 2.12 bits per heavy atom. The second-order valence-electron chi connectivity index (χ2n) is 6.32. The van der Waals surface area contributed by atoms with Gasteiger partial charge in [0.05, 0.1) is 12.2 Å². The highest BCUT2D eigenvalue weighted by Gasteiger charge is 2.09. The summed E-state index contributed by atoms with van der Waals surface area (Å²) in [6, 6.07) is 23.0. The van der Waals surface area contributed by atoms with Gasteiger partial charge in [-0.25, -0.2) is 4.79 Å². The Kier molecular flexibility index (Phi) is 5.69. The fourth-order valence-electron chi connectivity index (χ4n) is 2.78. The molecule has 0 spiro atoms. The normalized spacial score (nSPS) is 10.4. The van der Waals surface area contributed by atoms with Crippen molar-refractivity contribution in [3.8, 4) is 11.5 Å². The van der Waals surface area contributed by atoms with E-state index >= 15 is 0 Å². The van der Waals surface area contributed by atoms with Crippen LogP contribution < -0.4 is 9.47 Å². The van der Waals surface area contributed by atoms with E-state index in [1.54, 1.807) is 24.3 Å². The number of esters is 1. The molecule has 3 heteroatoms. The third kappa shape index (κ3) is 4.96. The van der Waals surface area contributed by atoms with Crippen molar-refractivity contribution >= 4 is 5.97 Å². The topological polar surface area (TPSA) is 35.5 Å². The average Bonchev–Trinajstić information content (AvgIpc) is 2.62. The zero-order valence-corrected chi connectivity index (χ0v) is 15.1. The third-order valence-corrected chi connectivity index (χ3v) is 4.00. The van der Waals surface area contributed by atoms with Gasteiger partial charge in [-0.3, -0.25) is 0 Å². The molecule has 3 aromatic rings. The minimum absolute atomic E-state index is 0.370. The summed E-state index contributed by atoms with van der Waals surface area (Å²) in [6.45, 7) is 4.55. The summed E-state index contributed by atoms with van der Waals surface area (Å²) in [7, 11) is 0. The van der Waals surface area contributed by atoms with Gasteiger partial charge in [0.15, 0.2) is 0 Å². The lowest BCUT2D eigenvalue weighted by molar-refractivity contribution is 0.0734. The predicted octanol–water partition coefficient (Wildman–Crippen LogP) is 5.14.